The molecule has 7 heteroatoms. The molecule has 0 spiro atoms. The van der Waals surface area contributed by atoms with Crippen molar-refractivity contribution in [3.8, 4) is 11.5 Å². The molecule has 0 aliphatic carbocycles. The number of ether oxygens (including phenoxy) is 2. The predicted octanol–water partition coefficient (Wildman–Crippen LogP) is 2.48. The standard InChI is InChI=1S/C18H24N4O3/c1-12(14-5-6-16-17(10-14)25-9-8-24-16)21-18(23)19-7-3-4-15-11-20-22-13(15)2/h5-6,10-12H,3-4,7-9H2,1-2H3,(H,20,22)(H2,19,21,23). The number of aryl methyl sites for hydroxylation is 2. The van der Waals surface area contributed by atoms with E-state index in [1.54, 1.807) is 0 Å². The number of hydrogen-bond donors (Lipinski definition) is 3. The number of nitrogens with zero attached hydrogens (tertiary/aromatic N) is 1. The van der Waals surface area contributed by atoms with Crippen LogP contribution in [0.1, 0.15) is 36.2 Å². The normalized spacial score (nSPS) is 14.0. The van der Waals surface area contributed by atoms with Gasteiger partial charge >= 0.3 is 6.03 Å². The summed E-state index contributed by atoms with van der Waals surface area (Å²) in [6.07, 6.45) is 3.59. The van der Waals surface area contributed by atoms with Crippen molar-refractivity contribution in [1.82, 2.24) is 20.8 Å². The van der Waals surface area contributed by atoms with Crippen molar-refractivity contribution in [2.45, 2.75) is 32.7 Å². The second kappa shape index (κ2) is 7.92. The molecule has 0 saturated carbocycles. The maximum atomic E-state index is 12.0. The first-order chi connectivity index (χ1) is 12.1. The van der Waals surface area contributed by atoms with Crippen LogP contribution in [-0.4, -0.2) is 36.0 Å². The van der Waals surface area contributed by atoms with Crippen LogP contribution in [0, 0.1) is 6.92 Å². The van der Waals surface area contributed by atoms with Crippen molar-refractivity contribution < 1.29 is 14.3 Å². The number of nitrogens with one attached hydrogen (secondary N) is 3. The summed E-state index contributed by atoms with van der Waals surface area (Å²) in [5, 5.41) is 12.7. The van der Waals surface area contributed by atoms with Gasteiger partial charge in [-0.2, -0.15) is 5.10 Å². The summed E-state index contributed by atoms with van der Waals surface area (Å²) < 4.78 is 11.1. The van der Waals surface area contributed by atoms with E-state index in [9.17, 15) is 4.79 Å². The fraction of sp³-hybridized carbons (Fsp3) is 0.444. The number of rotatable bonds is 6. The fourth-order valence-electron chi connectivity index (χ4n) is 2.77. The van der Waals surface area contributed by atoms with E-state index in [2.05, 4.69) is 20.8 Å². The quantitative estimate of drug-likeness (QED) is 0.703. The molecule has 25 heavy (non-hydrogen) atoms. The first kappa shape index (κ1) is 17.1. The zero-order valence-electron chi connectivity index (χ0n) is 14.6. The van der Waals surface area contributed by atoms with Gasteiger partial charge in [0.2, 0.25) is 0 Å². The summed E-state index contributed by atoms with van der Waals surface area (Å²) in [6, 6.07) is 5.45. The van der Waals surface area contributed by atoms with Gasteiger partial charge in [0, 0.05) is 12.2 Å². The summed E-state index contributed by atoms with van der Waals surface area (Å²) >= 11 is 0. The molecule has 1 unspecified atom stereocenters. The smallest absolute Gasteiger partial charge is 0.315 e. The van der Waals surface area contributed by atoms with E-state index in [4.69, 9.17) is 9.47 Å². The Morgan fingerprint density at radius 3 is 2.88 bits per heavy atom. The second-order valence-corrected chi connectivity index (χ2v) is 6.15. The Balaban J connectivity index is 1.43. The molecule has 0 bridgehead atoms. The number of fused-ring (bicyclic) bond motifs is 1. The molecule has 2 amide bonds. The van der Waals surface area contributed by atoms with Gasteiger partial charge in [-0.25, -0.2) is 4.79 Å². The maximum absolute atomic E-state index is 12.0. The molecule has 3 N–H and O–H groups in total. The Morgan fingerprint density at radius 1 is 1.32 bits per heavy atom. The highest BCUT2D eigenvalue weighted by molar-refractivity contribution is 5.74. The monoisotopic (exact) mass is 344 g/mol. The second-order valence-electron chi connectivity index (χ2n) is 6.15. The Bertz CT molecular complexity index is 729. The molecule has 3 rings (SSSR count). The minimum atomic E-state index is -0.175. The summed E-state index contributed by atoms with van der Waals surface area (Å²) in [5.41, 5.74) is 3.25. The molecule has 1 atom stereocenters. The van der Waals surface area contributed by atoms with Crippen molar-refractivity contribution >= 4 is 6.03 Å². The van der Waals surface area contributed by atoms with Crippen LogP contribution in [0.5, 0.6) is 11.5 Å². The molecule has 134 valence electrons. The van der Waals surface area contributed by atoms with Crippen LogP contribution in [0.4, 0.5) is 4.79 Å². The third kappa shape index (κ3) is 4.43. The third-order valence-corrected chi connectivity index (χ3v) is 4.26. The zero-order valence-corrected chi connectivity index (χ0v) is 14.6. The Hall–Kier alpha value is -2.70. The molecule has 1 aliphatic heterocycles. The molecule has 1 aliphatic rings. The molecule has 2 heterocycles. The van der Waals surface area contributed by atoms with Gasteiger partial charge in [0.05, 0.1) is 12.2 Å². The van der Waals surface area contributed by atoms with Crippen molar-refractivity contribution in [3.05, 3.63) is 41.2 Å². The first-order valence-electron chi connectivity index (χ1n) is 8.56. The van der Waals surface area contributed by atoms with Crippen molar-refractivity contribution in [1.29, 1.82) is 0 Å². The molecular formula is C18H24N4O3. The number of aromatic amines is 1. The maximum Gasteiger partial charge on any atom is 0.315 e. The number of carbonyl (C=O) groups excluding carboxylic acids is 1. The summed E-state index contributed by atoms with van der Waals surface area (Å²) in [6.45, 7) is 5.68. The lowest BCUT2D eigenvalue weighted by Gasteiger charge is -2.21. The Morgan fingerprint density at radius 2 is 2.12 bits per heavy atom. The number of benzene rings is 1. The van der Waals surface area contributed by atoms with Gasteiger partial charge in [0.1, 0.15) is 13.2 Å². The van der Waals surface area contributed by atoms with Crippen LogP contribution in [0.25, 0.3) is 0 Å². The topological polar surface area (TPSA) is 88.3 Å². The Labute approximate surface area is 147 Å². The largest absolute Gasteiger partial charge is 0.486 e. The van der Waals surface area contributed by atoms with Crippen molar-refractivity contribution in [3.63, 3.8) is 0 Å². The highest BCUT2D eigenvalue weighted by Gasteiger charge is 2.15. The van der Waals surface area contributed by atoms with E-state index in [1.165, 1.54) is 5.56 Å². The minimum Gasteiger partial charge on any atom is -0.486 e. The van der Waals surface area contributed by atoms with Gasteiger partial charge in [-0.15, -0.1) is 0 Å². The predicted molar refractivity (Wildman–Crippen MR) is 94.0 cm³/mol. The molecular weight excluding hydrogens is 320 g/mol. The van der Waals surface area contributed by atoms with Crippen LogP contribution in [0.3, 0.4) is 0 Å². The van der Waals surface area contributed by atoms with E-state index in [-0.39, 0.29) is 12.1 Å². The van der Waals surface area contributed by atoms with Gasteiger partial charge in [-0.3, -0.25) is 5.10 Å². The van der Waals surface area contributed by atoms with Crippen LogP contribution in [0.2, 0.25) is 0 Å². The van der Waals surface area contributed by atoms with Crippen LogP contribution < -0.4 is 20.1 Å². The lowest BCUT2D eigenvalue weighted by molar-refractivity contribution is 0.171. The molecule has 0 radical (unpaired) electrons. The number of carbonyl (C=O) groups is 1. The zero-order chi connectivity index (χ0) is 17.6. The van der Waals surface area contributed by atoms with Crippen LogP contribution >= 0.6 is 0 Å². The minimum absolute atomic E-state index is 0.119. The van der Waals surface area contributed by atoms with E-state index in [0.29, 0.717) is 19.8 Å². The Kier molecular flexibility index (Phi) is 5.42. The number of urea groups is 1. The van der Waals surface area contributed by atoms with Gasteiger partial charge in [0.15, 0.2) is 11.5 Å². The number of hydrogen-bond acceptors (Lipinski definition) is 4. The average molecular weight is 344 g/mol. The lowest BCUT2D eigenvalue weighted by atomic mass is 10.1. The molecule has 1 aromatic carbocycles. The van der Waals surface area contributed by atoms with Crippen molar-refractivity contribution in [2.24, 2.45) is 0 Å². The average Bonchev–Trinajstić information content (AvgIpc) is 3.03. The summed E-state index contributed by atoms with van der Waals surface area (Å²) in [7, 11) is 0. The van der Waals surface area contributed by atoms with E-state index in [0.717, 1.165) is 35.6 Å². The van der Waals surface area contributed by atoms with E-state index < -0.39 is 0 Å². The van der Waals surface area contributed by atoms with Crippen molar-refractivity contribution in [2.75, 3.05) is 19.8 Å². The number of amides is 2. The number of aromatic nitrogens is 2. The van der Waals surface area contributed by atoms with Gasteiger partial charge in [-0.05, 0) is 49.9 Å². The first-order valence-corrected chi connectivity index (χ1v) is 8.56. The molecule has 1 aromatic heterocycles. The van der Waals surface area contributed by atoms with Gasteiger partial charge in [0.25, 0.3) is 0 Å². The summed E-state index contributed by atoms with van der Waals surface area (Å²) in [4.78, 5) is 12.0. The molecule has 7 nitrogen and oxygen atoms in total. The highest BCUT2D eigenvalue weighted by atomic mass is 16.6. The lowest BCUT2D eigenvalue weighted by Crippen LogP contribution is -2.37. The number of H-pyrrole nitrogens is 1. The van der Waals surface area contributed by atoms with E-state index >= 15 is 0 Å². The SMILES string of the molecule is Cc1[nH]ncc1CCCNC(=O)NC(C)c1ccc2c(c1)OCCO2. The molecule has 2 aromatic rings. The fourth-order valence-corrected chi connectivity index (χ4v) is 2.77. The molecule has 0 saturated heterocycles. The highest BCUT2D eigenvalue weighted by Crippen LogP contribution is 2.32. The third-order valence-electron chi connectivity index (χ3n) is 4.26. The van der Waals surface area contributed by atoms with Gasteiger partial charge < -0.3 is 20.1 Å². The molecule has 0 fully saturated rings. The van der Waals surface area contributed by atoms with Crippen LogP contribution in [0.15, 0.2) is 24.4 Å². The van der Waals surface area contributed by atoms with E-state index in [1.807, 2.05) is 38.2 Å². The summed E-state index contributed by atoms with van der Waals surface area (Å²) in [5.74, 6) is 1.48. The van der Waals surface area contributed by atoms with Gasteiger partial charge in [-0.1, -0.05) is 6.07 Å². The van der Waals surface area contributed by atoms with Crippen LogP contribution in [-0.2, 0) is 6.42 Å².